The first-order valence-corrected chi connectivity index (χ1v) is 4.89. The Kier molecular flexibility index (Phi) is 3.48. The minimum Gasteiger partial charge on any atom is -0.351 e. The molecule has 0 saturated carbocycles. The highest BCUT2D eigenvalue weighted by Gasteiger charge is 2.38. The van der Waals surface area contributed by atoms with Crippen LogP contribution >= 0.6 is 0 Å². The Morgan fingerprint density at radius 2 is 2.54 bits per heavy atom. The number of hydrogen-bond acceptors (Lipinski definition) is 2. The number of nitrogens with one attached hydrogen (secondary N) is 2. The van der Waals surface area contributed by atoms with Crippen LogP contribution in [-0.2, 0) is 4.79 Å². The molecule has 0 aromatic rings. The van der Waals surface area contributed by atoms with Gasteiger partial charge in [0.2, 0.25) is 5.91 Å². The van der Waals surface area contributed by atoms with Crippen molar-refractivity contribution < 1.29 is 4.79 Å². The summed E-state index contributed by atoms with van der Waals surface area (Å²) in [5, 5.41) is 6.13. The van der Waals surface area contributed by atoms with E-state index in [-0.39, 0.29) is 11.4 Å². The molecule has 1 fully saturated rings. The summed E-state index contributed by atoms with van der Waals surface area (Å²) >= 11 is 0. The van der Waals surface area contributed by atoms with Gasteiger partial charge in [-0.05, 0) is 25.8 Å². The SMILES string of the molecule is C=CCNC(=O)C1(CC)CCCN1. The van der Waals surface area contributed by atoms with Crippen molar-refractivity contribution in [3.63, 3.8) is 0 Å². The fourth-order valence-electron chi connectivity index (χ4n) is 1.80. The smallest absolute Gasteiger partial charge is 0.240 e. The lowest BCUT2D eigenvalue weighted by atomic mass is 9.93. The van der Waals surface area contributed by atoms with E-state index in [2.05, 4.69) is 17.2 Å². The highest BCUT2D eigenvalue weighted by Crippen LogP contribution is 2.22. The third-order valence-electron chi connectivity index (χ3n) is 2.69. The molecule has 0 spiro atoms. The highest BCUT2D eigenvalue weighted by atomic mass is 16.2. The molecule has 1 rings (SSSR count). The van der Waals surface area contributed by atoms with E-state index >= 15 is 0 Å². The van der Waals surface area contributed by atoms with E-state index in [0.717, 1.165) is 25.8 Å². The van der Waals surface area contributed by atoms with Gasteiger partial charge in [0.25, 0.3) is 0 Å². The highest BCUT2D eigenvalue weighted by molar-refractivity contribution is 5.86. The van der Waals surface area contributed by atoms with Crippen molar-refractivity contribution in [2.24, 2.45) is 0 Å². The number of carbonyl (C=O) groups is 1. The molecule has 1 heterocycles. The van der Waals surface area contributed by atoms with Crippen LogP contribution in [0.3, 0.4) is 0 Å². The van der Waals surface area contributed by atoms with Crippen molar-refractivity contribution in [1.82, 2.24) is 10.6 Å². The maximum absolute atomic E-state index is 11.7. The summed E-state index contributed by atoms with van der Waals surface area (Å²) in [6.07, 6.45) is 4.61. The summed E-state index contributed by atoms with van der Waals surface area (Å²) in [6, 6.07) is 0. The number of rotatable bonds is 4. The van der Waals surface area contributed by atoms with Gasteiger partial charge in [-0.25, -0.2) is 0 Å². The molecule has 1 aliphatic rings. The van der Waals surface area contributed by atoms with Gasteiger partial charge in [-0.15, -0.1) is 6.58 Å². The fourth-order valence-corrected chi connectivity index (χ4v) is 1.80. The molecule has 1 atom stereocenters. The molecule has 1 unspecified atom stereocenters. The zero-order valence-corrected chi connectivity index (χ0v) is 8.23. The van der Waals surface area contributed by atoms with Gasteiger partial charge in [-0.3, -0.25) is 4.79 Å². The van der Waals surface area contributed by atoms with Crippen molar-refractivity contribution in [1.29, 1.82) is 0 Å². The molecule has 1 aliphatic heterocycles. The summed E-state index contributed by atoms with van der Waals surface area (Å²) in [5.41, 5.74) is -0.303. The molecule has 13 heavy (non-hydrogen) atoms. The molecule has 2 N–H and O–H groups in total. The van der Waals surface area contributed by atoms with E-state index in [1.807, 2.05) is 6.92 Å². The van der Waals surface area contributed by atoms with Gasteiger partial charge in [0, 0.05) is 6.54 Å². The van der Waals surface area contributed by atoms with Gasteiger partial charge < -0.3 is 10.6 Å². The molecule has 1 saturated heterocycles. The van der Waals surface area contributed by atoms with Crippen molar-refractivity contribution in [3.8, 4) is 0 Å². The molecule has 0 aromatic heterocycles. The van der Waals surface area contributed by atoms with Crippen LogP contribution in [0.25, 0.3) is 0 Å². The Labute approximate surface area is 79.6 Å². The molecule has 74 valence electrons. The van der Waals surface area contributed by atoms with Crippen LogP contribution in [-0.4, -0.2) is 24.5 Å². The van der Waals surface area contributed by atoms with Crippen LogP contribution in [0.1, 0.15) is 26.2 Å². The minimum atomic E-state index is -0.303. The summed E-state index contributed by atoms with van der Waals surface area (Å²) in [4.78, 5) is 11.7. The molecule has 0 aromatic carbocycles. The molecule has 0 radical (unpaired) electrons. The largest absolute Gasteiger partial charge is 0.351 e. The predicted octanol–water partition coefficient (Wildman–Crippen LogP) is 0.821. The fraction of sp³-hybridized carbons (Fsp3) is 0.700. The zero-order valence-electron chi connectivity index (χ0n) is 8.23. The molecule has 0 aliphatic carbocycles. The van der Waals surface area contributed by atoms with E-state index in [4.69, 9.17) is 0 Å². The molecule has 1 amide bonds. The van der Waals surface area contributed by atoms with Crippen LogP contribution in [0.5, 0.6) is 0 Å². The zero-order chi connectivity index (χ0) is 9.73. The third kappa shape index (κ3) is 2.10. The quantitative estimate of drug-likeness (QED) is 0.632. The van der Waals surface area contributed by atoms with E-state index in [0.29, 0.717) is 6.54 Å². The van der Waals surface area contributed by atoms with E-state index in [1.165, 1.54) is 0 Å². The maximum Gasteiger partial charge on any atom is 0.240 e. The molecule has 3 nitrogen and oxygen atoms in total. The van der Waals surface area contributed by atoms with E-state index in [9.17, 15) is 4.79 Å². The number of hydrogen-bond donors (Lipinski definition) is 2. The van der Waals surface area contributed by atoms with Gasteiger partial charge in [0.05, 0.1) is 5.54 Å². The lowest BCUT2D eigenvalue weighted by Crippen LogP contribution is -2.53. The Balaban J connectivity index is 2.54. The second kappa shape index (κ2) is 4.42. The van der Waals surface area contributed by atoms with E-state index in [1.54, 1.807) is 6.08 Å². The first-order chi connectivity index (χ1) is 6.25. The van der Waals surface area contributed by atoms with Crippen molar-refractivity contribution >= 4 is 5.91 Å². The van der Waals surface area contributed by atoms with Crippen LogP contribution in [0, 0.1) is 0 Å². The van der Waals surface area contributed by atoms with Gasteiger partial charge in [0.1, 0.15) is 0 Å². The molecule has 0 bridgehead atoms. The van der Waals surface area contributed by atoms with Crippen molar-refractivity contribution in [3.05, 3.63) is 12.7 Å². The average molecular weight is 182 g/mol. The Bertz CT molecular complexity index is 195. The van der Waals surface area contributed by atoms with Crippen LogP contribution in [0.4, 0.5) is 0 Å². The van der Waals surface area contributed by atoms with Gasteiger partial charge in [-0.2, -0.15) is 0 Å². The summed E-state index contributed by atoms with van der Waals surface area (Å²) < 4.78 is 0. The number of amides is 1. The van der Waals surface area contributed by atoms with Crippen molar-refractivity contribution in [2.75, 3.05) is 13.1 Å². The van der Waals surface area contributed by atoms with Crippen LogP contribution in [0.15, 0.2) is 12.7 Å². The maximum atomic E-state index is 11.7. The summed E-state index contributed by atoms with van der Waals surface area (Å²) in [6.45, 7) is 7.13. The Morgan fingerprint density at radius 1 is 1.77 bits per heavy atom. The van der Waals surface area contributed by atoms with Gasteiger partial charge in [0.15, 0.2) is 0 Å². The first kappa shape index (κ1) is 10.3. The molecular weight excluding hydrogens is 164 g/mol. The monoisotopic (exact) mass is 182 g/mol. The van der Waals surface area contributed by atoms with E-state index < -0.39 is 0 Å². The van der Waals surface area contributed by atoms with Crippen LogP contribution in [0.2, 0.25) is 0 Å². The topological polar surface area (TPSA) is 41.1 Å². The third-order valence-corrected chi connectivity index (χ3v) is 2.69. The summed E-state index contributed by atoms with van der Waals surface area (Å²) in [5.74, 6) is 0.118. The van der Waals surface area contributed by atoms with Gasteiger partial charge >= 0.3 is 0 Å². The second-order valence-corrected chi connectivity index (χ2v) is 3.46. The first-order valence-electron chi connectivity index (χ1n) is 4.89. The molecule has 3 heteroatoms. The minimum absolute atomic E-state index is 0.118. The standard InChI is InChI=1S/C10H18N2O/c1-3-7-11-9(13)10(4-2)6-5-8-12-10/h3,12H,1,4-8H2,2H3,(H,11,13). The lowest BCUT2D eigenvalue weighted by molar-refractivity contribution is -0.127. The van der Waals surface area contributed by atoms with Gasteiger partial charge in [-0.1, -0.05) is 13.0 Å². The lowest BCUT2D eigenvalue weighted by Gasteiger charge is -2.26. The molecular formula is C10H18N2O. The predicted molar refractivity (Wildman–Crippen MR) is 53.5 cm³/mol. The normalized spacial score (nSPS) is 27.2. The Hall–Kier alpha value is -0.830. The summed E-state index contributed by atoms with van der Waals surface area (Å²) in [7, 11) is 0. The number of carbonyl (C=O) groups excluding carboxylic acids is 1. The van der Waals surface area contributed by atoms with Crippen LogP contribution < -0.4 is 10.6 Å². The van der Waals surface area contributed by atoms with Crippen molar-refractivity contribution in [2.45, 2.75) is 31.7 Å². The average Bonchev–Trinajstić information content (AvgIpc) is 2.63. The second-order valence-electron chi connectivity index (χ2n) is 3.46. The Morgan fingerprint density at radius 3 is 3.00 bits per heavy atom.